The van der Waals surface area contributed by atoms with Crippen LogP contribution in [0, 0.1) is 23.7 Å². The summed E-state index contributed by atoms with van der Waals surface area (Å²) in [7, 11) is 0. The van der Waals surface area contributed by atoms with E-state index in [1.54, 1.807) is 18.6 Å². The molecule has 3 aromatic heterocycles. The van der Waals surface area contributed by atoms with Gasteiger partial charge in [0.2, 0.25) is 0 Å². The third kappa shape index (κ3) is 5.39. The van der Waals surface area contributed by atoms with Crippen molar-refractivity contribution in [2.45, 2.75) is 26.4 Å². The quantitative estimate of drug-likeness (QED) is 0.255. The number of aryl methyl sites for hydroxylation is 1. The molecule has 2 N–H and O–H groups in total. The summed E-state index contributed by atoms with van der Waals surface area (Å²) in [4.78, 5) is 11.1. The largest absolute Gasteiger partial charge is 0.489 e. The van der Waals surface area contributed by atoms with E-state index in [1.807, 2.05) is 31.2 Å². The number of pyridine rings is 2. The van der Waals surface area contributed by atoms with Gasteiger partial charge in [0.25, 0.3) is 0 Å². The Bertz CT molecular complexity index is 1540. The highest BCUT2D eigenvalue weighted by Gasteiger charge is 2.44. The molecule has 1 spiro atoms. The molecule has 0 radical (unpaired) electrons. The van der Waals surface area contributed by atoms with Crippen molar-refractivity contribution in [3.05, 3.63) is 63.5 Å². The van der Waals surface area contributed by atoms with E-state index >= 15 is 0 Å². The van der Waals surface area contributed by atoms with E-state index in [1.165, 1.54) is 12.8 Å². The molecule has 8 nitrogen and oxygen atoms in total. The highest BCUT2D eigenvalue weighted by Crippen LogP contribution is 2.40. The molecule has 2 fully saturated rings. The van der Waals surface area contributed by atoms with Gasteiger partial charge in [0, 0.05) is 54.0 Å². The Morgan fingerprint density at radius 1 is 1.18 bits per heavy atom. The number of fused-ring (bicyclic) bond motifs is 1. The summed E-state index contributed by atoms with van der Waals surface area (Å²) < 4.78 is 6.03. The second-order valence-electron chi connectivity index (χ2n) is 9.90. The van der Waals surface area contributed by atoms with E-state index in [0.29, 0.717) is 43.7 Å². The summed E-state index contributed by atoms with van der Waals surface area (Å²) in [6.07, 6.45) is 7.49. The minimum atomic E-state index is 0.210. The van der Waals surface area contributed by atoms with Gasteiger partial charge >= 0.3 is 0 Å². The summed E-state index contributed by atoms with van der Waals surface area (Å²) in [5.41, 5.74) is 4.59. The van der Waals surface area contributed by atoms with Gasteiger partial charge in [-0.05, 0) is 56.8 Å². The van der Waals surface area contributed by atoms with Gasteiger partial charge in [0.1, 0.15) is 29.9 Å². The molecule has 5 heterocycles. The maximum atomic E-state index is 9.91. The predicted molar refractivity (Wildman–Crippen MR) is 159 cm³/mol. The molecular weight excluding hydrogens is 553 g/mol. The molecule has 0 saturated carbocycles. The molecule has 2 aliphatic rings. The van der Waals surface area contributed by atoms with Crippen LogP contribution in [-0.4, -0.2) is 52.6 Å². The topological polar surface area (TPSA) is 103 Å². The molecule has 0 unspecified atom stereocenters. The highest BCUT2D eigenvalue weighted by molar-refractivity contribution is 7.79. The van der Waals surface area contributed by atoms with Gasteiger partial charge in [0.15, 0.2) is 0 Å². The van der Waals surface area contributed by atoms with Crippen LogP contribution in [0.2, 0.25) is 10.0 Å². The lowest BCUT2D eigenvalue weighted by molar-refractivity contribution is 0.156. The molecule has 1 aromatic carbocycles. The average Bonchev–Trinajstić information content (AvgIpc) is 3.38. The van der Waals surface area contributed by atoms with Crippen molar-refractivity contribution in [2.75, 3.05) is 37.3 Å². The van der Waals surface area contributed by atoms with Crippen molar-refractivity contribution in [2.24, 2.45) is 5.41 Å². The average molecular weight is 583 g/mol. The summed E-state index contributed by atoms with van der Waals surface area (Å²) in [5, 5.41) is 22.8. The van der Waals surface area contributed by atoms with Gasteiger partial charge in [-0.25, -0.2) is 4.98 Å². The first-order chi connectivity index (χ1) is 19.0. The van der Waals surface area contributed by atoms with Crippen molar-refractivity contribution >= 4 is 52.6 Å². The SMILES string of the molecule is CS.Cc1ncc(Cl)c(COc2ccc3[nH]nc(-c4cnc(N5CC6(CCCNC6)C5)c(C#N)c4)c3c2)c1Cl. The number of aromatic amines is 1. The lowest BCUT2D eigenvalue weighted by Gasteiger charge is -2.53. The summed E-state index contributed by atoms with van der Waals surface area (Å²) in [6.45, 7) is 6.02. The Morgan fingerprint density at radius 2 is 2.00 bits per heavy atom. The number of nitrogens with one attached hydrogen (secondary N) is 2. The van der Waals surface area contributed by atoms with Gasteiger partial charge in [-0.15, -0.1) is 0 Å². The fourth-order valence-corrected chi connectivity index (χ4v) is 5.79. The van der Waals surface area contributed by atoms with E-state index in [4.69, 9.17) is 32.9 Å². The lowest BCUT2D eigenvalue weighted by Crippen LogP contribution is -2.62. The zero-order chi connectivity index (χ0) is 27.6. The van der Waals surface area contributed by atoms with E-state index in [-0.39, 0.29) is 6.61 Å². The summed E-state index contributed by atoms with van der Waals surface area (Å²) >= 11 is 16.2. The molecule has 2 saturated heterocycles. The molecular formula is C28H29Cl2N7OS. The Kier molecular flexibility index (Phi) is 8.19. The molecule has 11 heteroatoms. The van der Waals surface area contributed by atoms with Crippen LogP contribution in [0.4, 0.5) is 5.82 Å². The molecule has 2 aliphatic heterocycles. The first kappa shape index (κ1) is 27.5. The van der Waals surface area contributed by atoms with Crippen molar-refractivity contribution in [1.82, 2.24) is 25.5 Å². The smallest absolute Gasteiger partial charge is 0.146 e. The first-order valence-corrected chi connectivity index (χ1v) is 14.3. The molecule has 6 rings (SSSR count). The van der Waals surface area contributed by atoms with Gasteiger partial charge in [0.05, 0.1) is 26.8 Å². The summed E-state index contributed by atoms with van der Waals surface area (Å²) in [6, 6.07) is 9.90. The standard InChI is InChI=1S/C27H25Cl2N7O.CH4S/c1-16-24(29)21(22(28)11-32-16)12-37-19-3-4-23-20(8-19)25(35-34-23)18-7-17(9-30)26(33-10-18)36-14-27(15-36)5-2-6-31-13-27;1-2/h3-4,7-8,10-11,31H,2,5-6,12-15H2,1H3,(H,34,35);2H,1H3. The van der Waals surface area contributed by atoms with E-state index < -0.39 is 0 Å². The van der Waals surface area contributed by atoms with Crippen LogP contribution in [0.3, 0.4) is 0 Å². The molecule has 0 amide bonds. The number of H-pyrrole nitrogens is 1. The second-order valence-corrected chi connectivity index (χ2v) is 10.7. The molecule has 39 heavy (non-hydrogen) atoms. The van der Waals surface area contributed by atoms with Crippen molar-refractivity contribution < 1.29 is 4.74 Å². The van der Waals surface area contributed by atoms with Crippen LogP contribution in [0.1, 0.15) is 29.7 Å². The zero-order valence-electron chi connectivity index (χ0n) is 21.8. The third-order valence-corrected chi connectivity index (χ3v) is 8.16. The number of rotatable bonds is 5. The number of ether oxygens (including phenoxy) is 1. The lowest BCUT2D eigenvalue weighted by atomic mass is 9.74. The number of hydrogen-bond acceptors (Lipinski definition) is 8. The number of piperidine rings is 1. The van der Waals surface area contributed by atoms with E-state index in [9.17, 15) is 5.26 Å². The van der Waals surface area contributed by atoms with Crippen LogP contribution in [0.25, 0.3) is 22.2 Å². The van der Waals surface area contributed by atoms with Crippen LogP contribution in [-0.2, 0) is 6.61 Å². The number of nitrogens with zero attached hydrogens (tertiary/aromatic N) is 5. The number of nitriles is 1. The summed E-state index contributed by atoms with van der Waals surface area (Å²) in [5.74, 6) is 1.39. The Labute approximate surface area is 243 Å². The van der Waals surface area contributed by atoms with Crippen LogP contribution in [0.5, 0.6) is 5.75 Å². The molecule has 0 bridgehead atoms. The fraction of sp³-hybridized carbons (Fsp3) is 0.357. The van der Waals surface area contributed by atoms with Crippen LogP contribution < -0.4 is 15.0 Å². The van der Waals surface area contributed by atoms with Gasteiger partial charge in [-0.1, -0.05) is 23.2 Å². The number of thiol groups is 1. The third-order valence-electron chi connectivity index (χ3n) is 7.33. The molecule has 0 aliphatic carbocycles. The number of halogens is 2. The predicted octanol–water partition coefficient (Wildman–Crippen LogP) is 5.82. The number of benzene rings is 1. The van der Waals surface area contributed by atoms with E-state index in [2.05, 4.69) is 44.1 Å². The molecule has 4 aromatic rings. The fourth-order valence-electron chi connectivity index (χ4n) is 5.34. The van der Waals surface area contributed by atoms with Crippen LogP contribution in [0.15, 0.2) is 36.7 Å². The molecule has 202 valence electrons. The van der Waals surface area contributed by atoms with Gasteiger partial charge < -0.3 is 15.0 Å². The highest BCUT2D eigenvalue weighted by atomic mass is 35.5. The van der Waals surface area contributed by atoms with Gasteiger partial charge in [-0.3, -0.25) is 10.1 Å². The normalized spacial score (nSPS) is 15.8. The van der Waals surface area contributed by atoms with Crippen molar-refractivity contribution in [3.63, 3.8) is 0 Å². The Balaban J connectivity index is 0.00000151. The first-order valence-electron chi connectivity index (χ1n) is 12.7. The molecule has 0 atom stereocenters. The zero-order valence-corrected chi connectivity index (χ0v) is 24.2. The number of hydrogen-bond donors (Lipinski definition) is 3. The van der Waals surface area contributed by atoms with Crippen molar-refractivity contribution in [3.8, 4) is 23.1 Å². The maximum absolute atomic E-state index is 9.91. The monoisotopic (exact) mass is 581 g/mol. The Morgan fingerprint density at radius 3 is 2.74 bits per heavy atom. The minimum Gasteiger partial charge on any atom is -0.489 e. The minimum absolute atomic E-state index is 0.210. The number of aromatic nitrogens is 4. The van der Waals surface area contributed by atoms with Crippen LogP contribution >= 0.6 is 35.8 Å². The Hall–Kier alpha value is -3.03. The van der Waals surface area contributed by atoms with Gasteiger partial charge in [-0.2, -0.15) is 23.0 Å². The maximum Gasteiger partial charge on any atom is 0.146 e. The number of anilines is 1. The van der Waals surface area contributed by atoms with E-state index in [0.717, 1.165) is 48.5 Å². The van der Waals surface area contributed by atoms with Crippen molar-refractivity contribution in [1.29, 1.82) is 5.26 Å². The second kappa shape index (κ2) is 11.6.